The minimum Gasteiger partial charge on any atom is -0.504 e. The highest BCUT2D eigenvalue weighted by molar-refractivity contribution is 5.42. The first-order valence-electron chi connectivity index (χ1n) is 4.33. The van der Waals surface area contributed by atoms with E-state index in [1.54, 1.807) is 6.07 Å². The Morgan fingerprint density at radius 2 is 2.31 bits per heavy atom. The zero-order chi connectivity index (χ0) is 9.68. The van der Waals surface area contributed by atoms with Crippen LogP contribution in [0.3, 0.4) is 0 Å². The van der Waals surface area contributed by atoms with E-state index in [-0.39, 0.29) is 5.75 Å². The fourth-order valence-electron chi connectivity index (χ4n) is 1.12. The van der Waals surface area contributed by atoms with E-state index in [4.69, 9.17) is 4.74 Å². The van der Waals surface area contributed by atoms with Gasteiger partial charge in [-0.2, -0.15) is 0 Å². The molecular formula is C11H14O2. The molecule has 1 N–H and O–H groups in total. The Hall–Kier alpha value is -1.44. The minimum absolute atomic E-state index is 0.190. The first-order valence-corrected chi connectivity index (χ1v) is 4.33. The lowest BCUT2D eigenvalue weighted by molar-refractivity contribution is 0.318. The van der Waals surface area contributed by atoms with E-state index in [9.17, 15) is 5.11 Å². The smallest absolute Gasteiger partial charge is 0.161 e. The number of phenolic OH excluding ortho intramolecular Hbond substituents is 1. The SMILES string of the molecule is C=CCc1ccc(O)c(OCC)c1. The van der Waals surface area contributed by atoms with Crippen LogP contribution in [0.1, 0.15) is 12.5 Å². The van der Waals surface area contributed by atoms with E-state index >= 15 is 0 Å². The predicted octanol–water partition coefficient (Wildman–Crippen LogP) is 2.52. The highest BCUT2D eigenvalue weighted by atomic mass is 16.5. The average molecular weight is 178 g/mol. The average Bonchev–Trinajstić information content (AvgIpc) is 2.12. The summed E-state index contributed by atoms with van der Waals surface area (Å²) in [6.07, 6.45) is 2.61. The van der Waals surface area contributed by atoms with Crippen LogP contribution in [0, 0.1) is 0 Å². The lowest BCUT2D eigenvalue weighted by Gasteiger charge is -2.06. The van der Waals surface area contributed by atoms with Crippen LogP contribution >= 0.6 is 0 Å². The first-order chi connectivity index (χ1) is 6.27. The van der Waals surface area contributed by atoms with Crippen molar-refractivity contribution in [3.63, 3.8) is 0 Å². The summed E-state index contributed by atoms with van der Waals surface area (Å²) in [6, 6.07) is 5.34. The summed E-state index contributed by atoms with van der Waals surface area (Å²) in [4.78, 5) is 0. The molecule has 13 heavy (non-hydrogen) atoms. The molecule has 70 valence electrons. The molecule has 0 radical (unpaired) electrons. The molecule has 0 bridgehead atoms. The predicted molar refractivity (Wildman–Crippen MR) is 53.2 cm³/mol. The lowest BCUT2D eigenvalue weighted by atomic mass is 10.1. The van der Waals surface area contributed by atoms with Crippen molar-refractivity contribution in [3.8, 4) is 11.5 Å². The van der Waals surface area contributed by atoms with Crippen molar-refractivity contribution >= 4 is 0 Å². The maximum Gasteiger partial charge on any atom is 0.161 e. The summed E-state index contributed by atoms with van der Waals surface area (Å²) in [5, 5.41) is 9.38. The van der Waals surface area contributed by atoms with Crippen molar-refractivity contribution in [2.24, 2.45) is 0 Å². The topological polar surface area (TPSA) is 29.5 Å². The van der Waals surface area contributed by atoms with Crippen LogP contribution < -0.4 is 4.74 Å². The number of hydrogen-bond acceptors (Lipinski definition) is 2. The number of rotatable bonds is 4. The first kappa shape index (κ1) is 9.65. The fraction of sp³-hybridized carbons (Fsp3) is 0.273. The highest BCUT2D eigenvalue weighted by Gasteiger charge is 2.01. The van der Waals surface area contributed by atoms with E-state index in [1.807, 2.05) is 25.1 Å². The van der Waals surface area contributed by atoms with Gasteiger partial charge in [-0.1, -0.05) is 12.1 Å². The second-order valence-electron chi connectivity index (χ2n) is 2.73. The van der Waals surface area contributed by atoms with Gasteiger partial charge < -0.3 is 9.84 Å². The lowest BCUT2D eigenvalue weighted by Crippen LogP contribution is -1.92. The molecule has 0 amide bonds. The quantitative estimate of drug-likeness (QED) is 0.718. The maximum atomic E-state index is 9.38. The molecule has 2 heteroatoms. The second-order valence-corrected chi connectivity index (χ2v) is 2.73. The molecule has 0 saturated heterocycles. The van der Waals surface area contributed by atoms with Gasteiger partial charge in [0.05, 0.1) is 6.61 Å². The number of ether oxygens (including phenoxy) is 1. The van der Waals surface area contributed by atoms with Crippen molar-refractivity contribution in [3.05, 3.63) is 36.4 Å². The highest BCUT2D eigenvalue weighted by Crippen LogP contribution is 2.26. The van der Waals surface area contributed by atoms with E-state index in [0.717, 1.165) is 12.0 Å². The van der Waals surface area contributed by atoms with Crippen LogP contribution in [0.15, 0.2) is 30.9 Å². The van der Waals surface area contributed by atoms with E-state index in [2.05, 4.69) is 6.58 Å². The molecular weight excluding hydrogens is 164 g/mol. The maximum absolute atomic E-state index is 9.38. The second kappa shape index (κ2) is 4.55. The van der Waals surface area contributed by atoms with Gasteiger partial charge in [0.15, 0.2) is 11.5 Å². The van der Waals surface area contributed by atoms with Crippen LogP contribution in [-0.4, -0.2) is 11.7 Å². The van der Waals surface area contributed by atoms with E-state index in [1.165, 1.54) is 0 Å². The Bertz CT molecular complexity index is 292. The van der Waals surface area contributed by atoms with Gasteiger partial charge in [-0.05, 0) is 31.0 Å². The van der Waals surface area contributed by atoms with Gasteiger partial charge in [0.25, 0.3) is 0 Å². The summed E-state index contributed by atoms with van der Waals surface area (Å²) in [5.41, 5.74) is 1.09. The fourth-order valence-corrected chi connectivity index (χ4v) is 1.12. The number of benzene rings is 1. The Kier molecular flexibility index (Phi) is 3.38. The largest absolute Gasteiger partial charge is 0.504 e. The molecule has 0 unspecified atom stereocenters. The van der Waals surface area contributed by atoms with Crippen molar-refractivity contribution < 1.29 is 9.84 Å². The Labute approximate surface area is 78.5 Å². The number of phenols is 1. The van der Waals surface area contributed by atoms with Gasteiger partial charge in [-0.3, -0.25) is 0 Å². The molecule has 1 aromatic rings. The molecule has 0 aromatic heterocycles. The van der Waals surface area contributed by atoms with Gasteiger partial charge in [-0.15, -0.1) is 6.58 Å². The number of hydrogen-bond donors (Lipinski definition) is 1. The van der Waals surface area contributed by atoms with Crippen LogP contribution in [0.2, 0.25) is 0 Å². The zero-order valence-electron chi connectivity index (χ0n) is 7.79. The standard InChI is InChI=1S/C11H14O2/c1-3-5-9-6-7-10(12)11(8-9)13-4-2/h3,6-8,12H,1,4-5H2,2H3. The molecule has 0 aliphatic carbocycles. The minimum atomic E-state index is 0.190. The third-order valence-corrected chi connectivity index (χ3v) is 1.70. The van der Waals surface area contributed by atoms with Crippen molar-refractivity contribution in [2.45, 2.75) is 13.3 Å². The molecule has 0 spiro atoms. The Balaban J connectivity index is 2.89. The van der Waals surface area contributed by atoms with Crippen LogP contribution in [0.25, 0.3) is 0 Å². The summed E-state index contributed by atoms with van der Waals surface area (Å²) in [6.45, 7) is 6.10. The molecule has 1 rings (SSSR count). The molecule has 0 aliphatic heterocycles. The normalized spacial score (nSPS) is 9.62. The van der Waals surface area contributed by atoms with Gasteiger partial charge in [-0.25, -0.2) is 0 Å². The van der Waals surface area contributed by atoms with E-state index < -0.39 is 0 Å². The summed E-state index contributed by atoms with van der Waals surface area (Å²) >= 11 is 0. The summed E-state index contributed by atoms with van der Waals surface area (Å²) in [5.74, 6) is 0.733. The zero-order valence-corrected chi connectivity index (χ0v) is 7.79. The summed E-state index contributed by atoms with van der Waals surface area (Å²) in [7, 11) is 0. The van der Waals surface area contributed by atoms with Crippen molar-refractivity contribution in [1.29, 1.82) is 0 Å². The van der Waals surface area contributed by atoms with Gasteiger partial charge in [0.1, 0.15) is 0 Å². The van der Waals surface area contributed by atoms with Gasteiger partial charge >= 0.3 is 0 Å². The summed E-state index contributed by atoms with van der Waals surface area (Å²) < 4.78 is 5.24. The Morgan fingerprint density at radius 3 is 2.92 bits per heavy atom. The van der Waals surface area contributed by atoms with Crippen LogP contribution in [0.4, 0.5) is 0 Å². The van der Waals surface area contributed by atoms with E-state index in [0.29, 0.717) is 12.4 Å². The molecule has 0 atom stereocenters. The molecule has 0 heterocycles. The molecule has 0 aliphatic rings. The van der Waals surface area contributed by atoms with Crippen molar-refractivity contribution in [1.82, 2.24) is 0 Å². The number of aromatic hydroxyl groups is 1. The molecule has 1 aromatic carbocycles. The van der Waals surface area contributed by atoms with Crippen LogP contribution in [-0.2, 0) is 6.42 Å². The van der Waals surface area contributed by atoms with Gasteiger partial charge in [0.2, 0.25) is 0 Å². The third kappa shape index (κ3) is 2.51. The monoisotopic (exact) mass is 178 g/mol. The molecule has 0 fully saturated rings. The Morgan fingerprint density at radius 1 is 1.54 bits per heavy atom. The third-order valence-electron chi connectivity index (χ3n) is 1.70. The number of allylic oxidation sites excluding steroid dienone is 1. The molecule has 0 saturated carbocycles. The van der Waals surface area contributed by atoms with Gasteiger partial charge in [0, 0.05) is 0 Å². The molecule has 2 nitrogen and oxygen atoms in total. The van der Waals surface area contributed by atoms with Crippen molar-refractivity contribution in [2.75, 3.05) is 6.61 Å². The van der Waals surface area contributed by atoms with Crippen LogP contribution in [0.5, 0.6) is 11.5 Å².